The summed E-state index contributed by atoms with van der Waals surface area (Å²) in [5.74, 6) is 0.534. The monoisotopic (exact) mass is 322 g/mol. The first-order valence-electron chi connectivity index (χ1n) is 5.01. The Bertz CT molecular complexity index is 374. The van der Waals surface area contributed by atoms with Crippen molar-refractivity contribution >= 4 is 34.2 Å². The Kier molecular flexibility index (Phi) is 7.95. The Morgan fingerprint density at radius 2 is 2.24 bits per heavy atom. The lowest BCUT2D eigenvalue weighted by molar-refractivity contribution is 0.0952. The minimum absolute atomic E-state index is 0. The number of rotatable bonds is 5. The molecule has 1 amide bonds. The number of amides is 1. The highest BCUT2D eigenvalue weighted by atomic mass is 79.9. The van der Waals surface area contributed by atoms with Gasteiger partial charge >= 0.3 is 0 Å². The van der Waals surface area contributed by atoms with E-state index in [1.165, 1.54) is 0 Å². The molecular formula is C11H16BrClN2O2. The number of nitrogens with one attached hydrogen (secondary N) is 1. The molecule has 1 aromatic rings. The molecule has 0 unspecified atom stereocenters. The molecule has 0 saturated carbocycles. The van der Waals surface area contributed by atoms with E-state index in [9.17, 15) is 4.79 Å². The Morgan fingerprint density at radius 3 is 2.82 bits per heavy atom. The smallest absolute Gasteiger partial charge is 0.252 e. The van der Waals surface area contributed by atoms with E-state index in [2.05, 4.69) is 21.2 Å². The summed E-state index contributed by atoms with van der Waals surface area (Å²) in [6, 6.07) is 5.28. The van der Waals surface area contributed by atoms with Crippen molar-refractivity contribution < 1.29 is 9.53 Å². The molecule has 0 aromatic heterocycles. The quantitative estimate of drug-likeness (QED) is 0.814. The van der Waals surface area contributed by atoms with Gasteiger partial charge in [-0.15, -0.1) is 12.4 Å². The van der Waals surface area contributed by atoms with Crippen LogP contribution in [0.4, 0.5) is 0 Å². The zero-order chi connectivity index (χ0) is 12.0. The van der Waals surface area contributed by atoms with Crippen molar-refractivity contribution in [1.29, 1.82) is 0 Å². The number of carbonyl (C=O) groups is 1. The first-order valence-corrected chi connectivity index (χ1v) is 5.80. The van der Waals surface area contributed by atoms with Crippen LogP contribution in [0.15, 0.2) is 22.7 Å². The maximum absolute atomic E-state index is 11.8. The van der Waals surface area contributed by atoms with Gasteiger partial charge in [-0.3, -0.25) is 4.79 Å². The molecule has 4 nitrogen and oxygen atoms in total. The van der Waals surface area contributed by atoms with E-state index in [-0.39, 0.29) is 18.3 Å². The van der Waals surface area contributed by atoms with Gasteiger partial charge in [0.05, 0.1) is 12.7 Å². The molecule has 0 radical (unpaired) electrons. The highest BCUT2D eigenvalue weighted by Gasteiger charge is 2.10. The summed E-state index contributed by atoms with van der Waals surface area (Å²) in [7, 11) is 1.57. The lowest BCUT2D eigenvalue weighted by atomic mass is 10.2. The molecule has 0 saturated heterocycles. The van der Waals surface area contributed by atoms with Crippen LogP contribution in [0.25, 0.3) is 0 Å². The molecular weight excluding hydrogens is 307 g/mol. The number of benzene rings is 1. The standard InChI is InChI=1S/C11H15BrN2O2.ClH/c1-16-8-3-4-10(12)9(7-8)11(15)14-6-2-5-13;/h3-4,7H,2,5-6,13H2,1H3,(H,14,15);1H. The summed E-state index contributed by atoms with van der Waals surface area (Å²) in [5.41, 5.74) is 5.91. The van der Waals surface area contributed by atoms with Crippen molar-refractivity contribution in [2.45, 2.75) is 6.42 Å². The molecule has 0 spiro atoms. The fourth-order valence-corrected chi connectivity index (χ4v) is 1.63. The lowest BCUT2D eigenvalue weighted by Gasteiger charge is -2.08. The van der Waals surface area contributed by atoms with Crippen molar-refractivity contribution in [2.24, 2.45) is 5.73 Å². The predicted molar refractivity (Wildman–Crippen MR) is 73.9 cm³/mol. The fourth-order valence-electron chi connectivity index (χ4n) is 1.20. The molecule has 0 fully saturated rings. The van der Waals surface area contributed by atoms with Crippen molar-refractivity contribution in [1.82, 2.24) is 5.32 Å². The first-order chi connectivity index (χ1) is 7.69. The molecule has 1 rings (SSSR count). The average Bonchev–Trinajstić information content (AvgIpc) is 2.30. The molecule has 0 aliphatic rings. The number of halogens is 2. The van der Waals surface area contributed by atoms with Crippen molar-refractivity contribution in [2.75, 3.05) is 20.2 Å². The molecule has 6 heteroatoms. The third-order valence-electron chi connectivity index (χ3n) is 2.08. The zero-order valence-corrected chi connectivity index (χ0v) is 11.9. The second kappa shape index (κ2) is 8.33. The molecule has 0 aliphatic heterocycles. The third kappa shape index (κ3) is 4.93. The van der Waals surface area contributed by atoms with Gasteiger partial charge in [0.15, 0.2) is 0 Å². The number of carbonyl (C=O) groups excluding carboxylic acids is 1. The van der Waals surface area contributed by atoms with Crippen molar-refractivity contribution in [3.8, 4) is 5.75 Å². The Balaban J connectivity index is 0.00000256. The van der Waals surface area contributed by atoms with Gasteiger partial charge in [-0.05, 0) is 47.1 Å². The average molecular weight is 324 g/mol. The zero-order valence-electron chi connectivity index (χ0n) is 9.53. The lowest BCUT2D eigenvalue weighted by Crippen LogP contribution is -2.26. The number of nitrogens with two attached hydrogens (primary N) is 1. The van der Waals surface area contributed by atoms with E-state index in [1.807, 2.05) is 0 Å². The van der Waals surface area contributed by atoms with Gasteiger partial charge in [0.2, 0.25) is 0 Å². The van der Waals surface area contributed by atoms with Crippen LogP contribution in [0.5, 0.6) is 5.75 Å². The maximum Gasteiger partial charge on any atom is 0.252 e. The number of hydrogen-bond donors (Lipinski definition) is 2. The summed E-state index contributed by atoms with van der Waals surface area (Å²) >= 11 is 3.33. The van der Waals surface area contributed by atoms with Gasteiger partial charge in [0, 0.05) is 11.0 Å². The molecule has 0 heterocycles. The minimum atomic E-state index is -0.126. The maximum atomic E-state index is 11.8. The highest BCUT2D eigenvalue weighted by Crippen LogP contribution is 2.22. The van der Waals surface area contributed by atoms with Crippen LogP contribution >= 0.6 is 28.3 Å². The second-order valence-corrected chi connectivity index (χ2v) is 4.10. The summed E-state index contributed by atoms with van der Waals surface area (Å²) in [6.07, 6.45) is 0.771. The van der Waals surface area contributed by atoms with Gasteiger partial charge in [-0.2, -0.15) is 0 Å². The van der Waals surface area contributed by atoms with Crippen LogP contribution in [0.1, 0.15) is 16.8 Å². The topological polar surface area (TPSA) is 64.3 Å². The first kappa shape index (κ1) is 16.2. The fraction of sp³-hybridized carbons (Fsp3) is 0.364. The van der Waals surface area contributed by atoms with Crippen molar-refractivity contribution in [3.63, 3.8) is 0 Å². The van der Waals surface area contributed by atoms with Crippen LogP contribution in [-0.2, 0) is 0 Å². The summed E-state index contributed by atoms with van der Waals surface area (Å²) < 4.78 is 5.81. The molecule has 1 aromatic carbocycles. The molecule has 17 heavy (non-hydrogen) atoms. The van der Waals surface area contributed by atoms with Gasteiger partial charge in [-0.25, -0.2) is 0 Å². The van der Waals surface area contributed by atoms with E-state index >= 15 is 0 Å². The van der Waals surface area contributed by atoms with Crippen LogP contribution < -0.4 is 15.8 Å². The normalized spacial score (nSPS) is 9.35. The third-order valence-corrected chi connectivity index (χ3v) is 2.78. The Morgan fingerprint density at radius 1 is 1.53 bits per heavy atom. The van der Waals surface area contributed by atoms with E-state index in [0.29, 0.717) is 24.4 Å². The van der Waals surface area contributed by atoms with E-state index in [0.717, 1.165) is 10.9 Å². The molecule has 3 N–H and O–H groups in total. The van der Waals surface area contributed by atoms with Crippen LogP contribution in [0, 0.1) is 0 Å². The molecule has 0 bridgehead atoms. The predicted octanol–water partition coefficient (Wildman–Crippen LogP) is 1.96. The van der Waals surface area contributed by atoms with Crippen LogP contribution in [0.3, 0.4) is 0 Å². The number of methoxy groups -OCH3 is 1. The van der Waals surface area contributed by atoms with Gasteiger partial charge in [0.25, 0.3) is 5.91 Å². The van der Waals surface area contributed by atoms with Gasteiger partial charge in [0.1, 0.15) is 5.75 Å². The van der Waals surface area contributed by atoms with E-state index in [1.54, 1.807) is 25.3 Å². The van der Waals surface area contributed by atoms with Gasteiger partial charge in [-0.1, -0.05) is 0 Å². The van der Waals surface area contributed by atoms with Crippen LogP contribution in [-0.4, -0.2) is 26.1 Å². The largest absolute Gasteiger partial charge is 0.497 e. The summed E-state index contributed by atoms with van der Waals surface area (Å²) in [4.78, 5) is 11.8. The van der Waals surface area contributed by atoms with E-state index in [4.69, 9.17) is 10.5 Å². The number of ether oxygens (including phenoxy) is 1. The van der Waals surface area contributed by atoms with E-state index < -0.39 is 0 Å². The SMILES string of the molecule is COc1ccc(Br)c(C(=O)NCCCN)c1.Cl. The van der Waals surface area contributed by atoms with Crippen LogP contribution in [0.2, 0.25) is 0 Å². The molecule has 0 atom stereocenters. The van der Waals surface area contributed by atoms with Gasteiger partial charge < -0.3 is 15.8 Å². The second-order valence-electron chi connectivity index (χ2n) is 3.24. The molecule has 0 aliphatic carbocycles. The summed E-state index contributed by atoms with van der Waals surface area (Å²) in [6.45, 7) is 1.15. The minimum Gasteiger partial charge on any atom is -0.497 e. The highest BCUT2D eigenvalue weighted by molar-refractivity contribution is 9.10. The molecule has 96 valence electrons. The Labute approximate surface area is 115 Å². The number of hydrogen-bond acceptors (Lipinski definition) is 3. The summed E-state index contributed by atoms with van der Waals surface area (Å²) in [5, 5.41) is 2.79. The Hall–Kier alpha value is -0.780. The van der Waals surface area contributed by atoms with Crippen molar-refractivity contribution in [3.05, 3.63) is 28.2 Å².